The standard InChI is InChI=1S/C13H18N2/c1-3-15-12-8-10(2)4-5-11(12)14-9-13(15)6-7-13/h4-5,8,14H,3,6-7,9H2,1-2H3. The van der Waals surface area contributed by atoms with Gasteiger partial charge in [-0.15, -0.1) is 0 Å². The average molecular weight is 202 g/mol. The van der Waals surface area contributed by atoms with Crippen molar-refractivity contribution in [1.82, 2.24) is 0 Å². The highest BCUT2D eigenvalue weighted by atomic mass is 15.3. The monoisotopic (exact) mass is 202 g/mol. The minimum Gasteiger partial charge on any atom is -0.381 e. The summed E-state index contributed by atoms with van der Waals surface area (Å²) in [4.78, 5) is 2.59. The summed E-state index contributed by atoms with van der Waals surface area (Å²) in [6.45, 7) is 6.68. The van der Waals surface area contributed by atoms with E-state index in [1.807, 2.05) is 0 Å². The summed E-state index contributed by atoms with van der Waals surface area (Å²) in [5, 5.41) is 3.57. The van der Waals surface area contributed by atoms with Gasteiger partial charge in [0.2, 0.25) is 0 Å². The van der Waals surface area contributed by atoms with Crippen molar-refractivity contribution in [3.8, 4) is 0 Å². The van der Waals surface area contributed by atoms with Crippen molar-refractivity contribution in [3.63, 3.8) is 0 Å². The average Bonchev–Trinajstić information content (AvgIpc) is 2.98. The summed E-state index contributed by atoms with van der Waals surface area (Å²) in [7, 11) is 0. The maximum atomic E-state index is 3.57. The summed E-state index contributed by atoms with van der Waals surface area (Å²) < 4.78 is 0. The first kappa shape index (κ1) is 9.08. The van der Waals surface area contributed by atoms with Crippen LogP contribution in [-0.2, 0) is 0 Å². The second kappa shape index (κ2) is 2.91. The third-order valence-electron chi connectivity index (χ3n) is 3.77. The van der Waals surface area contributed by atoms with E-state index >= 15 is 0 Å². The molecule has 1 heterocycles. The first-order chi connectivity index (χ1) is 7.25. The molecule has 0 amide bonds. The lowest BCUT2D eigenvalue weighted by atomic mass is 10.1. The van der Waals surface area contributed by atoms with E-state index in [9.17, 15) is 0 Å². The van der Waals surface area contributed by atoms with Gasteiger partial charge in [0.15, 0.2) is 0 Å². The molecule has 1 aliphatic carbocycles. The Bertz CT molecular complexity index is 394. The van der Waals surface area contributed by atoms with Gasteiger partial charge < -0.3 is 10.2 Å². The predicted molar refractivity (Wildman–Crippen MR) is 64.7 cm³/mol. The Labute approximate surface area is 91.3 Å². The molecule has 0 atom stereocenters. The van der Waals surface area contributed by atoms with Crippen LogP contribution in [-0.4, -0.2) is 18.6 Å². The minimum atomic E-state index is 0.454. The van der Waals surface area contributed by atoms with E-state index in [1.165, 1.54) is 29.8 Å². The highest BCUT2D eigenvalue weighted by molar-refractivity contribution is 5.75. The number of likely N-dealkylation sites (N-methyl/N-ethyl adjacent to an activating group) is 1. The fourth-order valence-electron chi connectivity index (χ4n) is 2.72. The smallest absolute Gasteiger partial charge is 0.0609 e. The summed E-state index contributed by atoms with van der Waals surface area (Å²) >= 11 is 0. The molecule has 0 saturated heterocycles. The molecular formula is C13H18N2. The van der Waals surface area contributed by atoms with E-state index in [2.05, 4.69) is 42.3 Å². The molecule has 1 aromatic rings. The Morgan fingerprint density at radius 1 is 1.40 bits per heavy atom. The molecule has 80 valence electrons. The molecule has 2 heteroatoms. The van der Waals surface area contributed by atoms with Gasteiger partial charge in [-0.05, 0) is 44.4 Å². The predicted octanol–water partition coefficient (Wildman–Crippen LogP) is 2.78. The van der Waals surface area contributed by atoms with Crippen LogP contribution in [0.3, 0.4) is 0 Å². The van der Waals surface area contributed by atoms with E-state index in [1.54, 1.807) is 0 Å². The van der Waals surface area contributed by atoms with Crippen LogP contribution in [0.5, 0.6) is 0 Å². The molecule has 3 rings (SSSR count). The molecule has 15 heavy (non-hydrogen) atoms. The third-order valence-corrected chi connectivity index (χ3v) is 3.77. The first-order valence-corrected chi connectivity index (χ1v) is 5.87. The summed E-state index contributed by atoms with van der Waals surface area (Å²) in [5.41, 5.74) is 4.52. The van der Waals surface area contributed by atoms with Crippen LogP contribution in [0, 0.1) is 6.92 Å². The lowest BCUT2D eigenvalue weighted by Gasteiger charge is -2.39. The SMILES string of the molecule is CCN1c2cc(C)ccc2NCC12CC2. The Morgan fingerprint density at radius 3 is 2.87 bits per heavy atom. The maximum absolute atomic E-state index is 3.57. The van der Waals surface area contributed by atoms with Gasteiger partial charge in [-0.3, -0.25) is 0 Å². The summed E-state index contributed by atoms with van der Waals surface area (Å²) in [6.07, 6.45) is 2.70. The van der Waals surface area contributed by atoms with Crippen molar-refractivity contribution >= 4 is 11.4 Å². The molecule has 2 nitrogen and oxygen atoms in total. The molecule has 0 bridgehead atoms. The third kappa shape index (κ3) is 1.24. The normalized spacial score (nSPS) is 21.1. The molecular weight excluding hydrogens is 184 g/mol. The topological polar surface area (TPSA) is 15.3 Å². The van der Waals surface area contributed by atoms with Crippen molar-refractivity contribution in [3.05, 3.63) is 23.8 Å². The Hall–Kier alpha value is -1.18. The fourth-order valence-corrected chi connectivity index (χ4v) is 2.72. The van der Waals surface area contributed by atoms with Crippen LogP contribution >= 0.6 is 0 Å². The molecule has 1 N–H and O–H groups in total. The number of anilines is 2. The Kier molecular flexibility index (Phi) is 1.76. The lowest BCUT2D eigenvalue weighted by molar-refractivity contribution is 0.605. The number of nitrogens with zero attached hydrogens (tertiary/aromatic N) is 1. The zero-order chi connectivity index (χ0) is 10.5. The van der Waals surface area contributed by atoms with Gasteiger partial charge in [0.05, 0.1) is 16.9 Å². The number of benzene rings is 1. The zero-order valence-electron chi connectivity index (χ0n) is 9.51. The fraction of sp³-hybridized carbons (Fsp3) is 0.538. The van der Waals surface area contributed by atoms with Gasteiger partial charge in [-0.25, -0.2) is 0 Å². The number of fused-ring (bicyclic) bond motifs is 1. The summed E-state index contributed by atoms with van der Waals surface area (Å²) in [5.74, 6) is 0. The van der Waals surface area contributed by atoms with E-state index in [-0.39, 0.29) is 0 Å². The quantitative estimate of drug-likeness (QED) is 0.753. The van der Waals surface area contributed by atoms with E-state index in [0.717, 1.165) is 13.1 Å². The number of hydrogen-bond donors (Lipinski definition) is 1. The minimum absolute atomic E-state index is 0.454. The van der Waals surface area contributed by atoms with Crippen molar-refractivity contribution in [2.45, 2.75) is 32.2 Å². The van der Waals surface area contributed by atoms with Crippen LogP contribution in [0.15, 0.2) is 18.2 Å². The van der Waals surface area contributed by atoms with Gasteiger partial charge >= 0.3 is 0 Å². The van der Waals surface area contributed by atoms with Gasteiger partial charge in [-0.1, -0.05) is 6.07 Å². The van der Waals surface area contributed by atoms with Crippen LogP contribution in [0.1, 0.15) is 25.3 Å². The van der Waals surface area contributed by atoms with Crippen molar-refractivity contribution in [1.29, 1.82) is 0 Å². The Balaban J connectivity index is 2.08. The highest BCUT2D eigenvalue weighted by Gasteiger charge is 2.49. The first-order valence-electron chi connectivity index (χ1n) is 5.87. The number of hydrogen-bond acceptors (Lipinski definition) is 2. The van der Waals surface area contributed by atoms with E-state index < -0.39 is 0 Å². The highest BCUT2D eigenvalue weighted by Crippen LogP contribution is 2.49. The van der Waals surface area contributed by atoms with Crippen molar-refractivity contribution in [2.75, 3.05) is 23.3 Å². The maximum Gasteiger partial charge on any atom is 0.0609 e. The van der Waals surface area contributed by atoms with E-state index in [4.69, 9.17) is 0 Å². The van der Waals surface area contributed by atoms with E-state index in [0.29, 0.717) is 5.54 Å². The van der Waals surface area contributed by atoms with Crippen LogP contribution < -0.4 is 10.2 Å². The number of nitrogens with one attached hydrogen (secondary N) is 1. The van der Waals surface area contributed by atoms with Crippen molar-refractivity contribution in [2.24, 2.45) is 0 Å². The molecule has 2 aliphatic rings. The van der Waals surface area contributed by atoms with Gasteiger partial charge in [-0.2, -0.15) is 0 Å². The number of aryl methyl sites for hydroxylation is 1. The largest absolute Gasteiger partial charge is 0.381 e. The molecule has 1 fully saturated rings. The second-order valence-corrected chi connectivity index (χ2v) is 4.84. The number of rotatable bonds is 1. The molecule has 1 aliphatic heterocycles. The van der Waals surface area contributed by atoms with Crippen LogP contribution in [0.2, 0.25) is 0 Å². The second-order valence-electron chi connectivity index (χ2n) is 4.84. The lowest BCUT2D eigenvalue weighted by Crippen LogP contribution is -2.46. The van der Waals surface area contributed by atoms with Crippen molar-refractivity contribution < 1.29 is 0 Å². The molecule has 0 radical (unpaired) electrons. The molecule has 1 aromatic carbocycles. The molecule has 0 aromatic heterocycles. The zero-order valence-corrected chi connectivity index (χ0v) is 9.51. The molecule has 1 saturated carbocycles. The molecule has 1 spiro atoms. The van der Waals surface area contributed by atoms with Crippen LogP contribution in [0.4, 0.5) is 11.4 Å². The Morgan fingerprint density at radius 2 is 2.20 bits per heavy atom. The van der Waals surface area contributed by atoms with Gasteiger partial charge in [0, 0.05) is 13.1 Å². The van der Waals surface area contributed by atoms with Gasteiger partial charge in [0.25, 0.3) is 0 Å². The van der Waals surface area contributed by atoms with Crippen LogP contribution in [0.25, 0.3) is 0 Å². The summed E-state index contributed by atoms with van der Waals surface area (Å²) in [6, 6.07) is 6.71. The van der Waals surface area contributed by atoms with Gasteiger partial charge in [0.1, 0.15) is 0 Å². The molecule has 0 unspecified atom stereocenters.